The van der Waals surface area contributed by atoms with Gasteiger partial charge in [0.15, 0.2) is 0 Å². The summed E-state index contributed by atoms with van der Waals surface area (Å²) in [4.78, 5) is 12.2. The number of carbonyl (C=O) groups is 1. The summed E-state index contributed by atoms with van der Waals surface area (Å²) >= 11 is 0. The van der Waals surface area contributed by atoms with Gasteiger partial charge in [0.25, 0.3) is 0 Å². The van der Waals surface area contributed by atoms with Gasteiger partial charge in [-0.25, -0.2) is 0 Å². The van der Waals surface area contributed by atoms with Crippen LogP contribution in [0.4, 0.5) is 0 Å². The standard InChI is InChI=1S/C15H28N2O/c1-15(2,3)12-6-4-11(5-7-12)14(18)17-13-8-9-16-10-13/h11-13,16H,4-10H2,1-3H3,(H,17,18)/t11?,12?,13-/m1/s1. The summed E-state index contributed by atoms with van der Waals surface area (Å²) in [6.45, 7) is 8.96. The highest BCUT2D eigenvalue weighted by Crippen LogP contribution is 2.39. The Morgan fingerprint density at radius 1 is 1.11 bits per heavy atom. The van der Waals surface area contributed by atoms with Crippen molar-refractivity contribution in [1.82, 2.24) is 10.6 Å². The summed E-state index contributed by atoms with van der Waals surface area (Å²) in [5.41, 5.74) is 0.400. The van der Waals surface area contributed by atoms with Crippen LogP contribution in [0.1, 0.15) is 52.9 Å². The van der Waals surface area contributed by atoms with E-state index in [2.05, 4.69) is 31.4 Å². The largest absolute Gasteiger partial charge is 0.352 e. The quantitative estimate of drug-likeness (QED) is 0.792. The van der Waals surface area contributed by atoms with Crippen LogP contribution in [-0.2, 0) is 4.79 Å². The summed E-state index contributed by atoms with van der Waals surface area (Å²) in [6, 6.07) is 0.373. The normalized spacial score (nSPS) is 33.4. The summed E-state index contributed by atoms with van der Waals surface area (Å²) in [6.07, 6.45) is 5.67. The van der Waals surface area contributed by atoms with Gasteiger partial charge >= 0.3 is 0 Å². The van der Waals surface area contributed by atoms with E-state index in [1.165, 1.54) is 12.8 Å². The van der Waals surface area contributed by atoms with E-state index in [9.17, 15) is 4.79 Å². The molecule has 1 amide bonds. The minimum atomic E-state index is 0.268. The van der Waals surface area contributed by atoms with Crippen molar-refractivity contribution >= 4 is 5.91 Å². The molecule has 3 nitrogen and oxygen atoms in total. The Morgan fingerprint density at radius 3 is 2.28 bits per heavy atom. The number of hydrogen-bond donors (Lipinski definition) is 2. The molecule has 2 N–H and O–H groups in total. The molecule has 1 aliphatic heterocycles. The summed E-state index contributed by atoms with van der Waals surface area (Å²) in [5.74, 6) is 1.36. The second kappa shape index (κ2) is 5.60. The van der Waals surface area contributed by atoms with Crippen molar-refractivity contribution in [2.24, 2.45) is 17.3 Å². The predicted octanol–water partition coefficient (Wildman–Crippen LogP) is 2.32. The first-order valence-corrected chi connectivity index (χ1v) is 7.48. The van der Waals surface area contributed by atoms with Gasteiger partial charge in [0.05, 0.1) is 0 Å². The van der Waals surface area contributed by atoms with Gasteiger partial charge in [-0.3, -0.25) is 4.79 Å². The third kappa shape index (κ3) is 3.47. The monoisotopic (exact) mass is 252 g/mol. The second-order valence-corrected chi connectivity index (χ2v) is 7.11. The van der Waals surface area contributed by atoms with Crippen LogP contribution in [0.5, 0.6) is 0 Å². The molecule has 18 heavy (non-hydrogen) atoms. The van der Waals surface area contributed by atoms with E-state index >= 15 is 0 Å². The molecule has 2 fully saturated rings. The molecule has 2 aliphatic rings. The van der Waals surface area contributed by atoms with E-state index < -0.39 is 0 Å². The number of hydrogen-bond acceptors (Lipinski definition) is 2. The average molecular weight is 252 g/mol. The molecule has 0 aromatic heterocycles. The lowest BCUT2D eigenvalue weighted by atomic mass is 9.69. The Hall–Kier alpha value is -0.570. The van der Waals surface area contributed by atoms with Gasteiger partial charge in [0, 0.05) is 18.5 Å². The third-order valence-electron chi connectivity index (χ3n) is 4.73. The number of rotatable bonds is 2. The average Bonchev–Trinajstić information content (AvgIpc) is 2.81. The first kappa shape index (κ1) is 13.9. The number of amides is 1. The van der Waals surface area contributed by atoms with Crippen LogP contribution in [0.3, 0.4) is 0 Å². The van der Waals surface area contributed by atoms with Crippen LogP contribution in [0.15, 0.2) is 0 Å². The van der Waals surface area contributed by atoms with Crippen LogP contribution in [0.25, 0.3) is 0 Å². The maximum atomic E-state index is 12.2. The van der Waals surface area contributed by atoms with Crippen molar-refractivity contribution in [2.45, 2.75) is 58.9 Å². The number of carbonyl (C=O) groups excluding carboxylic acids is 1. The summed E-state index contributed by atoms with van der Waals surface area (Å²) in [5, 5.41) is 6.49. The molecule has 0 spiro atoms. The number of nitrogens with one attached hydrogen (secondary N) is 2. The molecule has 2 rings (SSSR count). The summed E-state index contributed by atoms with van der Waals surface area (Å²) < 4.78 is 0. The Balaban J connectivity index is 1.76. The maximum absolute atomic E-state index is 12.2. The van der Waals surface area contributed by atoms with Gasteiger partial charge in [-0.15, -0.1) is 0 Å². The molecule has 1 heterocycles. The van der Waals surface area contributed by atoms with Crippen LogP contribution >= 0.6 is 0 Å². The highest BCUT2D eigenvalue weighted by molar-refractivity contribution is 5.79. The fourth-order valence-corrected chi connectivity index (χ4v) is 3.32. The molecule has 0 aromatic carbocycles. The molecule has 0 aromatic rings. The SMILES string of the molecule is CC(C)(C)C1CCC(C(=O)N[C@@H]2CCNC2)CC1. The zero-order valence-electron chi connectivity index (χ0n) is 12.1. The molecule has 1 aliphatic carbocycles. The molecule has 1 atom stereocenters. The first-order chi connectivity index (χ1) is 8.47. The molecule has 0 radical (unpaired) electrons. The highest BCUT2D eigenvalue weighted by Gasteiger charge is 2.33. The fourth-order valence-electron chi connectivity index (χ4n) is 3.32. The third-order valence-corrected chi connectivity index (χ3v) is 4.73. The minimum absolute atomic E-state index is 0.268. The molecule has 0 bridgehead atoms. The van der Waals surface area contributed by atoms with Crippen molar-refractivity contribution in [3.8, 4) is 0 Å². The van der Waals surface area contributed by atoms with Crippen molar-refractivity contribution in [2.75, 3.05) is 13.1 Å². The summed E-state index contributed by atoms with van der Waals surface area (Å²) in [7, 11) is 0. The van der Waals surface area contributed by atoms with Crippen molar-refractivity contribution in [3.05, 3.63) is 0 Å². The van der Waals surface area contributed by atoms with Crippen molar-refractivity contribution in [1.29, 1.82) is 0 Å². The van der Waals surface area contributed by atoms with Gasteiger partial charge in [-0.05, 0) is 50.0 Å². The second-order valence-electron chi connectivity index (χ2n) is 7.11. The van der Waals surface area contributed by atoms with Crippen LogP contribution < -0.4 is 10.6 Å². The van der Waals surface area contributed by atoms with E-state index in [0.29, 0.717) is 17.4 Å². The van der Waals surface area contributed by atoms with Crippen molar-refractivity contribution < 1.29 is 4.79 Å². The van der Waals surface area contributed by atoms with Crippen LogP contribution in [0, 0.1) is 17.3 Å². The Bertz CT molecular complexity index is 281. The van der Waals surface area contributed by atoms with Gasteiger partial charge in [-0.1, -0.05) is 20.8 Å². The molecular weight excluding hydrogens is 224 g/mol. The smallest absolute Gasteiger partial charge is 0.223 e. The van der Waals surface area contributed by atoms with E-state index in [1.54, 1.807) is 0 Å². The van der Waals surface area contributed by atoms with E-state index in [1.807, 2.05) is 0 Å². The van der Waals surface area contributed by atoms with Gasteiger partial charge in [-0.2, -0.15) is 0 Å². The van der Waals surface area contributed by atoms with Gasteiger partial charge in [0.1, 0.15) is 0 Å². The Labute approximate surface area is 111 Å². The lowest BCUT2D eigenvalue weighted by Gasteiger charge is -2.36. The van der Waals surface area contributed by atoms with Gasteiger partial charge in [0.2, 0.25) is 5.91 Å². The molecule has 1 saturated carbocycles. The van der Waals surface area contributed by atoms with Crippen LogP contribution in [0.2, 0.25) is 0 Å². The lowest BCUT2D eigenvalue weighted by molar-refractivity contribution is -0.127. The van der Waals surface area contributed by atoms with Crippen LogP contribution in [-0.4, -0.2) is 25.0 Å². The zero-order valence-corrected chi connectivity index (χ0v) is 12.1. The van der Waals surface area contributed by atoms with E-state index in [-0.39, 0.29) is 5.92 Å². The Morgan fingerprint density at radius 2 is 1.78 bits per heavy atom. The molecule has 3 heteroatoms. The molecule has 1 saturated heterocycles. The zero-order chi connectivity index (χ0) is 13.2. The van der Waals surface area contributed by atoms with Crippen molar-refractivity contribution in [3.63, 3.8) is 0 Å². The topological polar surface area (TPSA) is 41.1 Å². The predicted molar refractivity (Wildman–Crippen MR) is 74.3 cm³/mol. The fraction of sp³-hybridized carbons (Fsp3) is 0.933. The molecule has 0 unspecified atom stereocenters. The Kier molecular flexibility index (Phi) is 4.31. The minimum Gasteiger partial charge on any atom is -0.352 e. The molecule has 104 valence electrons. The first-order valence-electron chi connectivity index (χ1n) is 7.48. The van der Waals surface area contributed by atoms with E-state index in [0.717, 1.165) is 38.3 Å². The maximum Gasteiger partial charge on any atom is 0.223 e. The highest BCUT2D eigenvalue weighted by atomic mass is 16.1. The lowest BCUT2D eigenvalue weighted by Crippen LogP contribution is -2.41. The van der Waals surface area contributed by atoms with E-state index in [4.69, 9.17) is 0 Å². The van der Waals surface area contributed by atoms with Gasteiger partial charge < -0.3 is 10.6 Å². The molecular formula is C15H28N2O.